The number of hydrogen-bond donors (Lipinski definition) is 1. The van der Waals surface area contributed by atoms with E-state index >= 15 is 0 Å². The van der Waals surface area contributed by atoms with Crippen LogP contribution in [0, 0.1) is 0 Å². The zero-order valence-corrected chi connectivity index (χ0v) is 9.55. The standard InChI is InChI=1S/C13H14O4/c1-2-17-13(16)12(15)9-11(14)8-10-6-4-3-5-7-10/h3-7,9,15H,2,8H2,1H3/b12-9-. The summed E-state index contributed by atoms with van der Waals surface area (Å²) in [5.41, 5.74) is 0.824. The number of ketones is 1. The molecule has 0 unspecified atom stereocenters. The van der Waals surface area contributed by atoms with Gasteiger partial charge in [0, 0.05) is 12.5 Å². The Bertz CT molecular complexity index is 420. The van der Waals surface area contributed by atoms with Gasteiger partial charge in [0.1, 0.15) is 0 Å². The molecule has 1 rings (SSSR count). The van der Waals surface area contributed by atoms with Crippen LogP contribution >= 0.6 is 0 Å². The number of allylic oxidation sites excluding steroid dienone is 1. The van der Waals surface area contributed by atoms with Gasteiger partial charge in [-0.05, 0) is 12.5 Å². The summed E-state index contributed by atoms with van der Waals surface area (Å²) in [6.07, 6.45) is 1.04. The Labute approximate surface area is 99.5 Å². The van der Waals surface area contributed by atoms with Gasteiger partial charge >= 0.3 is 5.97 Å². The number of benzene rings is 1. The summed E-state index contributed by atoms with van der Waals surface area (Å²) in [4.78, 5) is 22.5. The number of carbonyl (C=O) groups is 2. The van der Waals surface area contributed by atoms with Crippen LogP contribution in [0.3, 0.4) is 0 Å². The average Bonchev–Trinajstić information content (AvgIpc) is 2.30. The first kappa shape index (κ1) is 13.0. The van der Waals surface area contributed by atoms with Crippen molar-refractivity contribution in [3.8, 4) is 0 Å². The van der Waals surface area contributed by atoms with E-state index in [4.69, 9.17) is 0 Å². The maximum atomic E-state index is 11.5. The van der Waals surface area contributed by atoms with Gasteiger partial charge in [-0.1, -0.05) is 30.3 Å². The molecule has 0 saturated heterocycles. The molecule has 0 saturated carbocycles. The van der Waals surface area contributed by atoms with E-state index in [-0.39, 0.29) is 18.8 Å². The zero-order valence-electron chi connectivity index (χ0n) is 9.55. The fraction of sp³-hybridized carbons (Fsp3) is 0.231. The second-order valence-electron chi connectivity index (χ2n) is 3.38. The molecule has 0 aliphatic carbocycles. The third kappa shape index (κ3) is 4.51. The maximum absolute atomic E-state index is 11.5. The van der Waals surface area contributed by atoms with Crippen molar-refractivity contribution in [1.29, 1.82) is 0 Å². The topological polar surface area (TPSA) is 63.6 Å². The summed E-state index contributed by atoms with van der Waals surface area (Å²) in [5, 5.41) is 9.26. The Morgan fingerprint density at radius 3 is 2.53 bits per heavy atom. The van der Waals surface area contributed by atoms with E-state index in [1.807, 2.05) is 18.2 Å². The van der Waals surface area contributed by atoms with Gasteiger partial charge in [-0.3, -0.25) is 4.79 Å². The van der Waals surface area contributed by atoms with Crippen LogP contribution in [0.2, 0.25) is 0 Å². The lowest BCUT2D eigenvalue weighted by molar-refractivity contribution is -0.141. The van der Waals surface area contributed by atoms with E-state index < -0.39 is 11.7 Å². The molecule has 4 heteroatoms. The molecule has 0 aliphatic rings. The number of ether oxygens (including phenoxy) is 1. The molecule has 0 amide bonds. The van der Waals surface area contributed by atoms with Gasteiger partial charge in [-0.2, -0.15) is 0 Å². The van der Waals surface area contributed by atoms with Crippen LogP contribution in [0.15, 0.2) is 42.2 Å². The molecule has 0 aliphatic heterocycles. The van der Waals surface area contributed by atoms with E-state index in [2.05, 4.69) is 4.74 Å². The predicted octanol–water partition coefficient (Wildman–Crippen LogP) is 1.80. The number of carbonyl (C=O) groups excluding carboxylic acids is 2. The molecule has 0 heterocycles. The average molecular weight is 234 g/mol. The van der Waals surface area contributed by atoms with E-state index in [0.29, 0.717) is 0 Å². The van der Waals surface area contributed by atoms with Gasteiger partial charge in [0.2, 0.25) is 5.76 Å². The minimum atomic E-state index is -0.881. The zero-order chi connectivity index (χ0) is 12.7. The van der Waals surface area contributed by atoms with Crippen molar-refractivity contribution in [1.82, 2.24) is 0 Å². The lowest BCUT2D eigenvalue weighted by Gasteiger charge is -2.00. The summed E-state index contributed by atoms with van der Waals surface area (Å²) >= 11 is 0. The summed E-state index contributed by atoms with van der Waals surface area (Å²) in [7, 11) is 0. The molecule has 1 aromatic carbocycles. The summed E-state index contributed by atoms with van der Waals surface area (Å²) in [6.45, 7) is 1.78. The number of esters is 1. The van der Waals surface area contributed by atoms with Crippen molar-refractivity contribution in [2.75, 3.05) is 6.61 Å². The molecule has 4 nitrogen and oxygen atoms in total. The van der Waals surface area contributed by atoms with Crippen LogP contribution in [0.5, 0.6) is 0 Å². The predicted molar refractivity (Wildman–Crippen MR) is 62.5 cm³/mol. The van der Waals surface area contributed by atoms with Crippen LogP contribution in [-0.4, -0.2) is 23.5 Å². The molecule has 17 heavy (non-hydrogen) atoms. The second kappa shape index (κ2) is 6.48. The number of rotatable bonds is 5. The molecule has 0 fully saturated rings. The molecular weight excluding hydrogens is 220 g/mol. The highest BCUT2D eigenvalue weighted by Crippen LogP contribution is 2.02. The Hall–Kier alpha value is -2.10. The summed E-state index contributed by atoms with van der Waals surface area (Å²) in [5.74, 6) is -1.89. The first-order valence-corrected chi connectivity index (χ1v) is 5.28. The number of aliphatic hydroxyl groups is 1. The van der Waals surface area contributed by atoms with Gasteiger partial charge in [0.25, 0.3) is 0 Å². The lowest BCUT2D eigenvalue weighted by atomic mass is 10.1. The third-order valence-corrected chi connectivity index (χ3v) is 2.00. The SMILES string of the molecule is CCOC(=O)/C(O)=C/C(=O)Cc1ccccc1. The minimum Gasteiger partial charge on any atom is -0.502 e. The van der Waals surface area contributed by atoms with Crippen molar-refractivity contribution >= 4 is 11.8 Å². The highest BCUT2D eigenvalue weighted by Gasteiger charge is 2.10. The van der Waals surface area contributed by atoms with Crippen LogP contribution in [0.1, 0.15) is 12.5 Å². The molecule has 90 valence electrons. The van der Waals surface area contributed by atoms with Crippen molar-refractivity contribution in [2.45, 2.75) is 13.3 Å². The Balaban J connectivity index is 2.60. The molecule has 0 radical (unpaired) electrons. The third-order valence-electron chi connectivity index (χ3n) is 2.00. The molecule has 1 aromatic rings. The van der Waals surface area contributed by atoms with E-state index in [1.165, 1.54) is 0 Å². The van der Waals surface area contributed by atoms with E-state index in [1.54, 1.807) is 19.1 Å². The van der Waals surface area contributed by atoms with Gasteiger partial charge in [-0.15, -0.1) is 0 Å². The Morgan fingerprint density at radius 1 is 1.29 bits per heavy atom. The molecule has 0 aromatic heterocycles. The van der Waals surface area contributed by atoms with Gasteiger partial charge < -0.3 is 9.84 Å². The molecule has 0 atom stereocenters. The fourth-order valence-electron chi connectivity index (χ4n) is 1.26. The lowest BCUT2D eigenvalue weighted by Crippen LogP contribution is -2.10. The molecule has 0 bridgehead atoms. The highest BCUT2D eigenvalue weighted by atomic mass is 16.5. The van der Waals surface area contributed by atoms with Crippen molar-refractivity contribution in [2.24, 2.45) is 0 Å². The number of hydrogen-bond acceptors (Lipinski definition) is 4. The van der Waals surface area contributed by atoms with Crippen LogP contribution < -0.4 is 0 Å². The molecular formula is C13H14O4. The van der Waals surface area contributed by atoms with Crippen LogP contribution in [0.4, 0.5) is 0 Å². The monoisotopic (exact) mass is 234 g/mol. The van der Waals surface area contributed by atoms with Crippen LogP contribution in [-0.2, 0) is 20.7 Å². The van der Waals surface area contributed by atoms with E-state index in [0.717, 1.165) is 11.6 Å². The fourth-order valence-corrected chi connectivity index (χ4v) is 1.26. The van der Waals surface area contributed by atoms with Gasteiger partial charge in [0.05, 0.1) is 6.61 Å². The minimum absolute atomic E-state index is 0.143. The first-order valence-electron chi connectivity index (χ1n) is 5.28. The Kier molecular flexibility index (Phi) is 4.94. The summed E-state index contributed by atoms with van der Waals surface area (Å²) < 4.78 is 4.55. The first-order chi connectivity index (χ1) is 8.13. The molecule has 0 spiro atoms. The van der Waals surface area contributed by atoms with Gasteiger partial charge in [0.15, 0.2) is 5.78 Å². The quantitative estimate of drug-likeness (QED) is 0.479. The normalized spacial score (nSPS) is 11.0. The highest BCUT2D eigenvalue weighted by molar-refractivity contribution is 5.98. The largest absolute Gasteiger partial charge is 0.502 e. The Morgan fingerprint density at radius 2 is 1.94 bits per heavy atom. The smallest absolute Gasteiger partial charge is 0.373 e. The summed E-state index contributed by atoms with van der Waals surface area (Å²) in [6, 6.07) is 9.08. The van der Waals surface area contributed by atoms with E-state index in [9.17, 15) is 14.7 Å². The molecule has 1 N–H and O–H groups in total. The number of aliphatic hydroxyl groups excluding tert-OH is 1. The van der Waals surface area contributed by atoms with Crippen molar-refractivity contribution < 1.29 is 19.4 Å². The second-order valence-corrected chi connectivity index (χ2v) is 3.38. The van der Waals surface area contributed by atoms with Crippen molar-refractivity contribution in [3.63, 3.8) is 0 Å². The maximum Gasteiger partial charge on any atom is 0.373 e. The van der Waals surface area contributed by atoms with Crippen LogP contribution in [0.25, 0.3) is 0 Å². The van der Waals surface area contributed by atoms with Gasteiger partial charge in [-0.25, -0.2) is 4.79 Å². The van der Waals surface area contributed by atoms with Crippen molar-refractivity contribution in [3.05, 3.63) is 47.7 Å².